The maximum atomic E-state index is 13.4. The van der Waals surface area contributed by atoms with E-state index in [0.717, 1.165) is 40.5 Å². The van der Waals surface area contributed by atoms with Crippen molar-refractivity contribution >= 4 is 46.4 Å². The largest absolute Gasteiger partial charge is 0.486 e. The summed E-state index contributed by atoms with van der Waals surface area (Å²) in [6.07, 6.45) is -1.33. The predicted molar refractivity (Wildman–Crippen MR) is 234 cm³/mol. The van der Waals surface area contributed by atoms with Crippen molar-refractivity contribution in [1.82, 2.24) is 19.5 Å². The van der Waals surface area contributed by atoms with Crippen molar-refractivity contribution in [3.63, 3.8) is 0 Å². The molecule has 0 saturated carbocycles. The first-order chi connectivity index (χ1) is 27.5. The molecule has 0 aliphatic rings. The van der Waals surface area contributed by atoms with Gasteiger partial charge in [-0.25, -0.2) is 4.98 Å². The van der Waals surface area contributed by atoms with Crippen molar-refractivity contribution in [2.45, 2.75) is 85.6 Å². The number of hydrogen-bond donors (Lipinski definition) is 0. The number of rotatable bonds is 8. The molecule has 0 saturated heterocycles. The average molecular weight is 987 g/mol. The Morgan fingerprint density at radius 2 is 1.46 bits per heavy atom. The zero-order valence-corrected chi connectivity index (χ0v) is 38.3. The third-order valence-corrected chi connectivity index (χ3v) is 12.4. The molecule has 0 spiro atoms. The molecule has 0 amide bonds. The maximum absolute atomic E-state index is 13.4. The standard InChI is InChI=1S/C31H25F3N3O.C18H24NSi.Ir/c1-17(2)19-9-7-10-20(18(3)4)27(19)37-25-14-6-5-13-24(25)35-29(37)23-12-8-11-21-22-15-16-26(31(32,33)34)36-30(22)38-28(21)23;1-14(2)11-16-12-17(15-9-7-6-8-10-15)19-13-18(16)20(3,4)5;/h5-11,13-18H,1-4H3;6-9,12-14H,11H2,1-5H3;/q2*-1;. The van der Waals surface area contributed by atoms with Crippen LogP contribution in [0.1, 0.15) is 75.8 Å². The van der Waals surface area contributed by atoms with Gasteiger partial charge in [0.2, 0.25) is 5.71 Å². The van der Waals surface area contributed by atoms with Crippen LogP contribution in [0.2, 0.25) is 19.6 Å². The Bertz CT molecular complexity index is 2700. The summed E-state index contributed by atoms with van der Waals surface area (Å²) in [5, 5.41) is 2.66. The third-order valence-electron chi connectivity index (χ3n) is 10.4. The topological polar surface area (TPSA) is 56.7 Å². The summed E-state index contributed by atoms with van der Waals surface area (Å²) in [6, 6.07) is 37.1. The van der Waals surface area contributed by atoms with E-state index in [1.54, 1.807) is 12.1 Å². The Morgan fingerprint density at radius 1 is 0.763 bits per heavy atom. The molecule has 0 atom stereocenters. The van der Waals surface area contributed by atoms with Crippen molar-refractivity contribution in [3.8, 4) is 28.3 Å². The zero-order chi connectivity index (χ0) is 41.5. The van der Waals surface area contributed by atoms with Gasteiger partial charge < -0.3 is 14.0 Å². The van der Waals surface area contributed by atoms with E-state index in [1.165, 1.54) is 27.9 Å². The molecule has 0 aliphatic carbocycles. The number of benzene rings is 4. The minimum atomic E-state index is -4.57. The van der Waals surface area contributed by atoms with Crippen LogP contribution >= 0.6 is 0 Å². The molecule has 0 bridgehead atoms. The number of para-hydroxylation sites is 3. The number of nitrogens with zero attached hydrogens (tertiary/aromatic N) is 4. The molecule has 0 N–H and O–H groups in total. The van der Waals surface area contributed by atoms with Gasteiger partial charge in [0, 0.05) is 37.4 Å². The Kier molecular flexibility index (Phi) is 12.9. The second-order valence-electron chi connectivity index (χ2n) is 16.9. The van der Waals surface area contributed by atoms with Gasteiger partial charge in [-0.05, 0) is 70.4 Å². The molecule has 8 aromatic rings. The minimum absolute atomic E-state index is 0. The summed E-state index contributed by atoms with van der Waals surface area (Å²) < 4.78 is 48.2. The van der Waals surface area contributed by atoms with E-state index in [1.807, 2.05) is 42.5 Å². The summed E-state index contributed by atoms with van der Waals surface area (Å²) in [7, 11) is -1.34. The molecule has 59 heavy (non-hydrogen) atoms. The van der Waals surface area contributed by atoms with E-state index >= 15 is 0 Å². The zero-order valence-electron chi connectivity index (χ0n) is 34.9. The number of halogens is 3. The number of hydrogen-bond acceptors (Lipinski definition) is 4. The van der Waals surface area contributed by atoms with Gasteiger partial charge in [0.25, 0.3) is 0 Å². The molecule has 307 valence electrons. The van der Waals surface area contributed by atoms with Gasteiger partial charge in [-0.1, -0.05) is 114 Å². The summed E-state index contributed by atoms with van der Waals surface area (Å²) in [5.41, 5.74) is 8.65. The molecule has 4 aromatic heterocycles. The second-order valence-corrected chi connectivity index (χ2v) is 22.0. The van der Waals surface area contributed by atoms with E-state index in [9.17, 15) is 13.2 Å². The predicted octanol–water partition coefficient (Wildman–Crippen LogP) is 13.3. The number of furan rings is 1. The van der Waals surface area contributed by atoms with Gasteiger partial charge in [0.1, 0.15) is 5.69 Å². The molecule has 1 radical (unpaired) electrons. The SMILES string of the molecule is CC(C)Cc1cc(-c2[c-]cccc2)ncc1[Si](C)(C)C.CC(C)c1cccc(C(C)C)c1-n1c(-c2[c-]ccc3c2oc2nc(C(F)(F)F)ccc23)nc2ccccc21.[Ir]. The molecule has 0 unspecified atom stereocenters. The summed E-state index contributed by atoms with van der Waals surface area (Å²) in [5.74, 6) is 1.77. The van der Waals surface area contributed by atoms with E-state index in [4.69, 9.17) is 9.40 Å². The third kappa shape index (κ3) is 9.01. The molecule has 0 fully saturated rings. The molecular formula is C49H49F3IrN4OSi-2. The van der Waals surface area contributed by atoms with Gasteiger partial charge in [-0.2, -0.15) is 13.2 Å². The fourth-order valence-electron chi connectivity index (χ4n) is 7.62. The van der Waals surface area contributed by atoms with Gasteiger partial charge in [-0.3, -0.25) is 4.98 Å². The maximum Gasteiger partial charge on any atom is 0.433 e. The van der Waals surface area contributed by atoms with Gasteiger partial charge in [-0.15, -0.1) is 54.1 Å². The van der Waals surface area contributed by atoms with E-state index < -0.39 is 19.9 Å². The van der Waals surface area contributed by atoms with Gasteiger partial charge >= 0.3 is 6.18 Å². The first-order valence-corrected chi connectivity index (χ1v) is 23.4. The van der Waals surface area contributed by atoms with Crippen molar-refractivity contribution < 1.29 is 37.7 Å². The van der Waals surface area contributed by atoms with Crippen LogP contribution < -0.4 is 5.19 Å². The van der Waals surface area contributed by atoms with Crippen LogP contribution in [0.4, 0.5) is 13.2 Å². The van der Waals surface area contributed by atoms with Crippen molar-refractivity contribution in [2.75, 3.05) is 0 Å². The number of imidazole rings is 1. The van der Waals surface area contributed by atoms with Crippen LogP contribution in [-0.2, 0) is 32.7 Å². The smallest absolute Gasteiger partial charge is 0.433 e. The number of alkyl halides is 3. The summed E-state index contributed by atoms with van der Waals surface area (Å²) in [4.78, 5) is 13.5. The van der Waals surface area contributed by atoms with E-state index in [-0.39, 0.29) is 37.7 Å². The monoisotopic (exact) mass is 987 g/mol. The second kappa shape index (κ2) is 17.4. The quantitative estimate of drug-likeness (QED) is 0.112. The number of fused-ring (bicyclic) bond motifs is 4. The summed E-state index contributed by atoms with van der Waals surface area (Å²) >= 11 is 0. The number of pyridine rings is 2. The Morgan fingerprint density at radius 3 is 2.08 bits per heavy atom. The van der Waals surface area contributed by atoms with Crippen LogP contribution in [0.5, 0.6) is 0 Å². The van der Waals surface area contributed by atoms with Gasteiger partial charge in [0.15, 0.2) is 0 Å². The number of aromatic nitrogens is 4. The molecule has 4 aromatic carbocycles. The summed E-state index contributed by atoms with van der Waals surface area (Å²) in [6.45, 7) is 20.4. The molecule has 10 heteroatoms. The van der Waals surface area contributed by atoms with E-state index in [2.05, 4.69) is 124 Å². The van der Waals surface area contributed by atoms with Crippen LogP contribution in [0.3, 0.4) is 0 Å². The molecule has 5 nitrogen and oxygen atoms in total. The van der Waals surface area contributed by atoms with E-state index in [0.29, 0.717) is 33.7 Å². The molecule has 0 aliphatic heterocycles. The van der Waals surface area contributed by atoms with Crippen LogP contribution in [-0.4, -0.2) is 27.6 Å². The van der Waals surface area contributed by atoms with Crippen molar-refractivity contribution in [3.05, 3.63) is 138 Å². The first-order valence-electron chi connectivity index (χ1n) is 19.9. The Hall–Kier alpha value is -4.89. The molecule has 8 rings (SSSR count). The fraction of sp³-hybridized carbons (Fsp3) is 0.286. The first kappa shape index (κ1) is 43.7. The fourth-order valence-corrected chi connectivity index (χ4v) is 9.21. The average Bonchev–Trinajstić information content (AvgIpc) is 3.75. The molecular weight excluding hydrogens is 938 g/mol. The Balaban J connectivity index is 0.000000236. The minimum Gasteiger partial charge on any atom is -0.486 e. The van der Waals surface area contributed by atoms with Crippen LogP contribution in [0, 0.1) is 18.1 Å². The van der Waals surface area contributed by atoms with Crippen molar-refractivity contribution in [2.24, 2.45) is 5.92 Å². The normalized spacial score (nSPS) is 12.1. The van der Waals surface area contributed by atoms with Gasteiger partial charge in [0.05, 0.1) is 30.5 Å². The Labute approximate surface area is 359 Å². The van der Waals surface area contributed by atoms with Crippen LogP contribution in [0.25, 0.3) is 61.4 Å². The molecule has 4 heterocycles. The van der Waals surface area contributed by atoms with Crippen LogP contribution in [0.15, 0.2) is 108 Å². The van der Waals surface area contributed by atoms with Crippen molar-refractivity contribution in [1.29, 1.82) is 0 Å².